The molecule has 136 valence electrons. The first kappa shape index (κ1) is 19.2. The van der Waals surface area contributed by atoms with Crippen LogP contribution in [0.3, 0.4) is 0 Å². The normalized spacial score (nSPS) is 22.5. The number of thioether (sulfide) groups is 1. The Hall–Kier alpha value is -1.13. The van der Waals surface area contributed by atoms with Crippen LogP contribution in [-0.2, 0) is 14.6 Å². The zero-order chi connectivity index (χ0) is 17.9. The Bertz CT molecular complexity index is 674. The van der Waals surface area contributed by atoms with Gasteiger partial charge in [0, 0.05) is 12.5 Å². The molecule has 1 saturated heterocycles. The fraction of sp³-hybridized carbons (Fsp3) is 0.786. The van der Waals surface area contributed by atoms with E-state index in [9.17, 15) is 13.2 Å². The van der Waals surface area contributed by atoms with Crippen LogP contribution in [0, 0.1) is 0 Å². The molecule has 3 atom stereocenters. The second-order valence-corrected chi connectivity index (χ2v) is 9.83. The van der Waals surface area contributed by atoms with Crippen LogP contribution >= 0.6 is 11.8 Å². The molecule has 2 rings (SSSR count). The van der Waals surface area contributed by atoms with Gasteiger partial charge in [0.15, 0.2) is 15.9 Å². The van der Waals surface area contributed by atoms with Gasteiger partial charge in [-0.15, -0.1) is 10.2 Å². The van der Waals surface area contributed by atoms with Gasteiger partial charge in [0.1, 0.15) is 0 Å². The third-order valence-electron chi connectivity index (χ3n) is 4.05. The lowest BCUT2D eigenvalue weighted by atomic mass is 10.2. The van der Waals surface area contributed by atoms with Crippen molar-refractivity contribution in [1.82, 2.24) is 15.5 Å². The zero-order valence-corrected chi connectivity index (χ0v) is 16.0. The van der Waals surface area contributed by atoms with E-state index < -0.39 is 15.1 Å². The first-order valence-electron chi connectivity index (χ1n) is 8.02. The van der Waals surface area contributed by atoms with Gasteiger partial charge < -0.3 is 14.6 Å². The quantitative estimate of drug-likeness (QED) is 0.614. The third kappa shape index (κ3) is 4.93. The average Bonchev–Trinajstić information content (AvgIpc) is 3.06. The SMILES string of the molecule is CC[C@@H](c1nnc(S[C@@H](C)C(=O)N[C@@H]2CCS(=O)(=O)C2)o1)[NH+](C)C. The van der Waals surface area contributed by atoms with E-state index in [1.165, 1.54) is 16.7 Å². The van der Waals surface area contributed by atoms with Gasteiger partial charge in [0.2, 0.25) is 5.91 Å². The van der Waals surface area contributed by atoms with Crippen LogP contribution in [0.5, 0.6) is 0 Å². The Morgan fingerprint density at radius 2 is 2.17 bits per heavy atom. The smallest absolute Gasteiger partial charge is 0.277 e. The van der Waals surface area contributed by atoms with Gasteiger partial charge in [-0.3, -0.25) is 4.79 Å². The van der Waals surface area contributed by atoms with Crippen LogP contribution < -0.4 is 10.2 Å². The van der Waals surface area contributed by atoms with E-state index in [4.69, 9.17) is 4.42 Å². The van der Waals surface area contributed by atoms with Gasteiger partial charge in [0.25, 0.3) is 11.1 Å². The van der Waals surface area contributed by atoms with E-state index in [1.807, 2.05) is 14.1 Å². The maximum absolute atomic E-state index is 12.2. The molecule has 0 radical (unpaired) electrons. The van der Waals surface area contributed by atoms with Crippen LogP contribution in [0.2, 0.25) is 0 Å². The van der Waals surface area contributed by atoms with Crippen LogP contribution in [0.1, 0.15) is 38.6 Å². The molecule has 0 unspecified atom stereocenters. The highest BCUT2D eigenvalue weighted by atomic mass is 32.2. The minimum Gasteiger partial charge on any atom is -0.410 e. The van der Waals surface area contributed by atoms with Crippen molar-refractivity contribution in [3.8, 4) is 0 Å². The third-order valence-corrected chi connectivity index (χ3v) is 6.75. The Labute approximate surface area is 146 Å². The predicted molar refractivity (Wildman–Crippen MR) is 90.7 cm³/mol. The minimum absolute atomic E-state index is 0.0185. The Balaban J connectivity index is 1.91. The molecule has 1 aliphatic rings. The maximum Gasteiger partial charge on any atom is 0.277 e. The summed E-state index contributed by atoms with van der Waals surface area (Å²) in [5.74, 6) is 0.504. The summed E-state index contributed by atoms with van der Waals surface area (Å²) in [5, 5.41) is 10.8. The number of sulfone groups is 1. The number of nitrogens with one attached hydrogen (secondary N) is 2. The van der Waals surface area contributed by atoms with Gasteiger partial charge in [-0.25, -0.2) is 8.42 Å². The maximum atomic E-state index is 12.2. The average molecular weight is 378 g/mol. The van der Waals surface area contributed by atoms with E-state index in [-0.39, 0.29) is 29.5 Å². The molecule has 2 heterocycles. The molecule has 0 spiro atoms. The number of amides is 1. The van der Waals surface area contributed by atoms with Crippen molar-refractivity contribution in [1.29, 1.82) is 0 Å². The number of carbonyl (C=O) groups is 1. The van der Waals surface area contributed by atoms with Crippen LogP contribution in [-0.4, -0.2) is 61.4 Å². The summed E-state index contributed by atoms with van der Waals surface area (Å²) >= 11 is 1.18. The lowest BCUT2D eigenvalue weighted by Crippen LogP contribution is -3.06. The molecule has 0 aliphatic carbocycles. The fourth-order valence-corrected chi connectivity index (χ4v) is 5.04. The molecule has 1 aromatic heterocycles. The number of carbonyl (C=O) groups excluding carboxylic acids is 1. The van der Waals surface area contributed by atoms with Crippen molar-refractivity contribution >= 4 is 27.5 Å². The van der Waals surface area contributed by atoms with Crippen LogP contribution in [0.15, 0.2) is 9.64 Å². The second kappa shape index (κ2) is 7.83. The van der Waals surface area contributed by atoms with E-state index in [1.54, 1.807) is 6.92 Å². The second-order valence-electron chi connectivity index (χ2n) is 6.31. The molecule has 0 bridgehead atoms. The standard InChI is InChI=1S/C14H24N4O4S2/c1-5-11(18(3)4)13-16-17-14(22-13)23-9(2)12(19)15-10-6-7-24(20,21)8-10/h9-11H,5-8H2,1-4H3,(H,15,19)/p+1/t9-,10+,11-/m0/s1. The molecule has 1 aromatic rings. The fourth-order valence-electron chi connectivity index (χ4n) is 2.67. The monoisotopic (exact) mass is 377 g/mol. The number of nitrogens with zero attached hydrogens (tertiary/aromatic N) is 2. The number of quaternary nitrogens is 1. The van der Waals surface area contributed by atoms with E-state index in [0.717, 1.165) is 6.42 Å². The topological polar surface area (TPSA) is 107 Å². The first-order valence-corrected chi connectivity index (χ1v) is 10.7. The number of aromatic nitrogens is 2. The van der Waals surface area contributed by atoms with Gasteiger partial charge in [-0.05, 0) is 13.3 Å². The summed E-state index contributed by atoms with van der Waals surface area (Å²) in [6.07, 6.45) is 1.35. The Kier molecular flexibility index (Phi) is 6.27. The molecule has 0 aromatic carbocycles. The van der Waals surface area contributed by atoms with Crippen LogP contribution in [0.25, 0.3) is 0 Å². The summed E-state index contributed by atoms with van der Waals surface area (Å²) in [6, 6.07) is -0.176. The van der Waals surface area contributed by atoms with Gasteiger partial charge in [-0.2, -0.15) is 0 Å². The lowest BCUT2D eigenvalue weighted by Gasteiger charge is -2.15. The largest absolute Gasteiger partial charge is 0.410 e. The molecule has 1 aliphatic heterocycles. The highest BCUT2D eigenvalue weighted by Crippen LogP contribution is 2.24. The molecule has 24 heavy (non-hydrogen) atoms. The molecule has 2 N–H and O–H groups in total. The summed E-state index contributed by atoms with van der Waals surface area (Å²) < 4.78 is 28.5. The first-order chi connectivity index (χ1) is 11.2. The van der Waals surface area contributed by atoms with E-state index in [0.29, 0.717) is 17.5 Å². The van der Waals surface area contributed by atoms with Gasteiger partial charge >= 0.3 is 0 Å². The molecule has 0 saturated carbocycles. The molecule has 10 heteroatoms. The highest BCUT2D eigenvalue weighted by Gasteiger charge is 2.31. The van der Waals surface area contributed by atoms with Crippen molar-refractivity contribution in [2.75, 3.05) is 25.6 Å². The predicted octanol–water partition coefficient (Wildman–Crippen LogP) is -0.551. The van der Waals surface area contributed by atoms with E-state index >= 15 is 0 Å². The van der Waals surface area contributed by atoms with Crippen molar-refractivity contribution in [3.05, 3.63) is 5.89 Å². The van der Waals surface area contributed by atoms with Crippen molar-refractivity contribution in [3.63, 3.8) is 0 Å². The molecular weight excluding hydrogens is 352 g/mol. The van der Waals surface area contributed by atoms with Crippen LogP contribution in [0.4, 0.5) is 0 Å². The van der Waals surface area contributed by atoms with Crippen molar-refractivity contribution in [2.24, 2.45) is 0 Å². The summed E-state index contributed by atoms with van der Waals surface area (Å²) in [4.78, 5) is 13.4. The van der Waals surface area contributed by atoms with Crippen molar-refractivity contribution in [2.45, 2.75) is 49.2 Å². The van der Waals surface area contributed by atoms with Gasteiger partial charge in [-0.1, -0.05) is 18.7 Å². The van der Waals surface area contributed by atoms with Crippen molar-refractivity contribution < 1.29 is 22.5 Å². The lowest BCUT2D eigenvalue weighted by molar-refractivity contribution is -0.894. The number of rotatable bonds is 7. The van der Waals surface area contributed by atoms with E-state index in [2.05, 4.69) is 22.4 Å². The summed E-state index contributed by atoms with van der Waals surface area (Å²) in [7, 11) is 1.04. The summed E-state index contributed by atoms with van der Waals surface area (Å²) in [6.45, 7) is 3.79. The highest BCUT2D eigenvalue weighted by molar-refractivity contribution is 8.00. The summed E-state index contributed by atoms with van der Waals surface area (Å²) in [5.41, 5.74) is 0. The molecule has 8 nitrogen and oxygen atoms in total. The zero-order valence-electron chi connectivity index (χ0n) is 14.4. The molecule has 1 fully saturated rings. The number of hydrogen-bond donors (Lipinski definition) is 2. The van der Waals surface area contributed by atoms with Gasteiger partial charge in [0.05, 0.1) is 30.9 Å². The Morgan fingerprint density at radius 3 is 2.71 bits per heavy atom. The molecule has 1 amide bonds. The number of hydrogen-bond acceptors (Lipinski definition) is 7. The minimum atomic E-state index is -3.01. The molecular formula is C14H25N4O4S2+. The Morgan fingerprint density at radius 1 is 1.46 bits per heavy atom.